The van der Waals surface area contributed by atoms with Crippen LogP contribution in [0, 0.1) is 19.7 Å². The summed E-state index contributed by atoms with van der Waals surface area (Å²) in [5.41, 5.74) is 3.29. The molecule has 0 atom stereocenters. The number of benzene rings is 2. The van der Waals surface area contributed by atoms with E-state index in [9.17, 15) is 9.18 Å². The van der Waals surface area contributed by atoms with Crippen molar-refractivity contribution in [2.75, 3.05) is 50.9 Å². The average molecular weight is 458 g/mol. The lowest BCUT2D eigenvalue weighted by atomic mass is 10.1. The van der Waals surface area contributed by atoms with Crippen molar-refractivity contribution in [3.05, 3.63) is 53.3 Å². The summed E-state index contributed by atoms with van der Waals surface area (Å²) >= 11 is 1.52. The normalized spacial score (nSPS) is 14.6. The van der Waals surface area contributed by atoms with Gasteiger partial charge in [-0.25, -0.2) is 9.37 Å². The number of aromatic nitrogens is 1. The Balaban J connectivity index is 1.48. The molecule has 1 saturated heterocycles. The number of rotatable bonds is 8. The Morgan fingerprint density at radius 3 is 2.66 bits per heavy atom. The van der Waals surface area contributed by atoms with Gasteiger partial charge in [-0.15, -0.1) is 0 Å². The van der Waals surface area contributed by atoms with Crippen molar-refractivity contribution < 1.29 is 18.7 Å². The average Bonchev–Trinajstić information content (AvgIpc) is 3.19. The molecule has 4 rings (SSSR count). The molecule has 0 spiro atoms. The predicted octanol–water partition coefficient (Wildman–Crippen LogP) is 4.19. The maximum Gasteiger partial charge on any atom is 0.266 e. The van der Waals surface area contributed by atoms with Crippen LogP contribution in [0.4, 0.5) is 9.52 Å². The molecule has 6 nitrogen and oxygen atoms in total. The summed E-state index contributed by atoms with van der Waals surface area (Å²) in [5.74, 6) is -0.0409. The van der Waals surface area contributed by atoms with Gasteiger partial charge in [-0.1, -0.05) is 11.3 Å². The molecule has 0 aliphatic carbocycles. The molecule has 2 heterocycles. The monoisotopic (exact) mass is 457 g/mol. The molecule has 3 aromatic rings. The molecular formula is C24H28FN3O3S. The van der Waals surface area contributed by atoms with Crippen molar-refractivity contribution >= 4 is 32.6 Å². The highest BCUT2D eigenvalue weighted by atomic mass is 32.1. The first-order chi connectivity index (χ1) is 15.5. The van der Waals surface area contributed by atoms with Crippen molar-refractivity contribution in [2.24, 2.45) is 0 Å². The molecule has 0 N–H and O–H groups in total. The van der Waals surface area contributed by atoms with Crippen LogP contribution in [0.15, 0.2) is 36.4 Å². The summed E-state index contributed by atoms with van der Waals surface area (Å²) in [7, 11) is 0. The minimum absolute atomic E-state index is 0.128. The lowest BCUT2D eigenvalue weighted by Crippen LogP contribution is -2.40. The zero-order chi connectivity index (χ0) is 22.5. The third-order valence-corrected chi connectivity index (χ3v) is 6.70. The zero-order valence-electron chi connectivity index (χ0n) is 18.5. The Bertz CT molecular complexity index is 1030. The van der Waals surface area contributed by atoms with Crippen LogP contribution < -0.4 is 9.64 Å². The van der Waals surface area contributed by atoms with E-state index in [0.717, 1.165) is 49.5 Å². The fourth-order valence-corrected chi connectivity index (χ4v) is 4.73. The molecular weight excluding hydrogens is 429 g/mol. The molecule has 1 fully saturated rings. The van der Waals surface area contributed by atoms with Crippen molar-refractivity contribution in [1.82, 2.24) is 9.88 Å². The minimum Gasteiger partial charge on any atom is -0.484 e. The number of carbonyl (C=O) groups excluding carboxylic acids is 1. The van der Waals surface area contributed by atoms with E-state index in [1.54, 1.807) is 4.90 Å². The highest BCUT2D eigenvalue weighted by molar-refractivity contribution is 7.22. The van der Waals surface area contributed by atoms with Gasteiger partial charge in [0.05, 0.1) is 23.4 Å². The van der Waals surface area contributed by atoms with Crippen LogP contribution in [0.2, 0.25) is 0 Å². The van der Waals surface area contributed by atoms with Gasteiger partial charge in [0.25, 0.3) is 5.91 Å². The molecule has 32 heavy (non-hydrogen) atoms. The third kappa shape index (κ3) is 5.62. The lowest BCUT2D eigenvalue weighted by Gasteiger charge is -2.27. The standard InChI is InChI=1S/C24H28FN3O3S/c1-17-14-21-22(15-18(17)2)32-24(26-21)28(9-3-8-27-10-12-30-13-11-27)23(29)16-31-20-6-4-19(25)5-7-20/h4-7,14-15H,3,8-13,16H2,1-2H3. The van der Waals surface area contributed by atoms with E-state index in [4.69, 9.17) is 14.5 Å². The van der Waals surface area contributed by atoms with Crippen LogP contribution >= 0.6 is 11.3 Å². The first-order valence-electron chi connectivity index (χ1n) is 10.9. The number of hydrogen-bond donors (Lipinski definition) is 0. The Morgan fingerprint density at radius 2 is 1.91 bits per heavy atom. The summed E-state index contributed by atoms with van der Waals surface area (Å²) in [5, 5.41) is 0.680. The van der Waals surface area contributed by atoms with Crippen LogP contribution in [0.1, 0.15) is 17.5 Å². The van der Waals surface area contributed by atoms with Crippen LogP contribution in [-0.4, -0.2) is 61.8 Å². The molecule has 0 radical (unpaired) electrons. The van der Waals surface area contributed by atoms with Gasteiger partial charge in [-0.05, 0) is 67.8 Å². The molecule has 0 unspecified atom stereocenters. The zero-order valence-corrected chi connectivity index (χ0v) is 19.3. The van der Waals surface area contributed by atoms with E-state index in [1.165, 1.54) is 46.7 Å². The molecule has 0 bridgehead atoms. The third-order valence-electron chi connectivity index (χ3n) is 5.66. The largest absolute Gasteiger partial charge is 0.484 e. The Morgan fingerprint density at radius 1 is 1.19 bits per heavy atom. The van der Waals surface area contributed by atoms with Gasteiger partial charge >= 0.3 is 0 Å². The number of thiazole rings is 1. The number of nitrogens with zero attached hydrogens (tertiary/aromatic N) is 3. The molecule has 8 heteroatoms. The fraction of sp³-hybridized carbons (Fsp3) is 0.417. The summed E-state index contributed by atoms with van der Waals surface area (Å²) in [6, 6.07) is 9.87. The van der Waals surface area contributed by atoms with Crippen LogP contribution in [0.25, 0.3) is 10.2 Å². The van der Waals surface area contributed by atoms with Crippen molar-refractivity contribution in [1.29, 1.82) is 0 Å². The second kappa shape index (κ2) is 10.4. The molecule has 1 aliphatic rings. The van der Waals surface area contributed by atoms with E-state index >= 15 is 0 Å². The molecule has 2 aromatic carbocycles. The van der Waals surface area contributed by atoms with E-state index in [0.29, 0.717) is 17.4 Å². The number of ether oxygens (including phenoxy) is 2. The minimum atomic E-state index is -0.339. The summed E-state index contributed by atoms with van der Waals surface area (Å²) in [4.78, 5) is 22.0. The number of hydrogen-bond acceptors (Lipinski definition) is 6. The smallest absolute Gasteiger partial charge is 0.266 e. The van der Waals surface area contributed by atoms with Crippen molar-refractivity contribution in [2.45, 2.75) is 20.3 Å². The number of amides is 1. The fourth-order valence-electron chi connectivity index (χ4n) is 3.64. The SMILES string of the molecule is Cc1cc2nc(N(CCCN3CCOCC3)C(=O)COc3ccc(F)cc3)sc2cc1C. The van der Waals surface area contributed by atoms with Crippen molar-refractivity contribution in [3.63, 3.8) is 0 Å². The molecule has 1 aliphatic heterocycles. The van der Waals surface area contributed by atoms with Gasteiger partial charge in [0, 0.05) is 26.2 Å². The number of carbonyl (C=O) groups is 1. The Kier molecular flexibility index (Phi) is 7.34. The highest BCUT2D eigenvalue weighted by Gasteiger charge is 2.21. The quantitative estimate of drug-likeness (QED) is 0.508. The highest BCUT2D eigenvalue weighted by Crippen LogP contribution is 2.31. The Labute approximate surface area is 191 Å². The summed E-state index contributed by atoms with van der Waals surface area (Å²) in [6.45, 7) is 8.82. The number of anilines is 1. The van der Waals surface area contributed by atoms with Gasteiger partial charge in [0.2, 0.25) is 0 Å². The molecule has 1 amide bonds. The van der Waals surface area contributed by atoms with Gasteiger partial charge < -0.3 is 9.47 Å². The van der Waals surface area contributed by atoms with Gasteiger partial charge in [0.15, 0.2) is 11.7 Å². The first-order valence-corrected chi connectivity index (χ1v) is 11.7. The van der Waals surface area contributed by atoms with Crippen molar-refractivity contribution in [3.8, 4) is 5.75 Å². The van der Waals surface area contributed by atoms with Crippen LogP contribution in [0.5, 0.6) is 5.75 Å². The maximum atomic E-state index is 13.1. The van der Waals surface area contributed by atoms with Gasteiger partial charge in [-0.3, -0.25) is 14.6 Å². The predicted molar refractivity (Wildman–Crippen MR) is 125 cm³/mol. The van der Waals surface area contributed by atoms with E-state index < -0.39 is 0 Å². The van der Waals surface area contributed by atoms with Gasteiger partial charge in [0.1, 0.15) is 11.6 Å². The summed E-state index contributed by atoms with van der Waals surface area (Å²) in [6.07, 6.45) is 0.830. The first kappa shape index (κ1) is 22.6. The molecule has 0 saturated carbocycles. The summed E-state index contributed by atoms with van der Waals surface area (Å²) < 4.78 is 25.2. The maximum absolute atomic E-state index is 13.1. The van der Waals surface area contributed by atoms with E-state index in [1.807, 2.05) is 0 Å². The molecule has 170 valence electrons. The second-order valence-electron chi connectivity index (χ2n) is 8.00. The molecule has 1 aromatic heterocycles. The number of fused-ring (bicyclic) bond motifs is 1. The Hall–Kier alpha value is -2.55. The topological polar surface area (TPSA) is 54.9 Å². The number of halogens is 1. The number of morpholine rings is 1. The van der Waals surface area contributed by atoms with Gasteiger partial charge in [-0.2, -0.15) is 0 Å². The van der Waals surface area contributed by atoms with E-state index in [-0.39, 0.29) is 18.3 Å². The van der Waals surface area contributed by atoms with Crippen LogP contribution in [-0.2, 0) is 9.53 Å². The van der Waals surface area contributed by atoms with E-state index in [2.05, 4.69) is 30.9 Å². The number of aryl methyl sites for hydroxylation is 2. The van der Waals surface area contributed by atoms with Crippen LogP contribution in [0.3, 0.4) is 0 Å². The second-order valence-corrected chi connectivity index (χ2v) is 9.01. The lowest BCUT2D eigenvalue weighted by molar-refractivity contribution is -0.120.